The van der Waals surface area contributed by atoms with E-state index >= 15 is 0 Å². The Bertz CT molecular complexity index is 594. The molecule has 2 heterocycles. The van der Waals surface area contributed by atoms with E-state index in [4.69, 9.17) is 0 Å². The molecular weight excluding hydrogens is 268 g/mol. The number of carbonyl (C=O) groups is 1. The van der Waals surface area contributed by atoms with Crippen LogP contribution in [0.15, 0.2) is 18.7 Å². The zero-order valence-electron chi connectivity index (χ0n) is 13.0. The van der Waals surface area contributed by atoms with Crippen molar-refractivity contribution in [1.82, 2.24) is 24.5 Å². The lowest BCUT2D eigenvalue weighted by Gasteiger charge is -2.13. The van der Waals surface area contributed by atoms with Crippen molar-refractivity contribution < 1.29 is 4.79 Å². The summed E-state index contributed by atoms with van der Waals surface area (Å²) in [4.78, 5) is 15.8. The third-order valence-electron chi connectivity index (χ3n) is 3.17. The Morgan fingerprint density at radius 1 is 1.38 bits per heavy atom. The highest BCUT2D eigenvalue weighted by Gasteiger charge is 2.19. The molecule has 0 aliphatic heterocycles. The molecule has 0 spiro atoms. The van der Waals surface area contributed by atoms with Crippen LogP contribution >= 0.6 is 0 Å². The zero-order valence-corrected chi connectivity index (χ0v) is 13.0. The molecule has 0 saturated carbocycles. The van der Waals surface area contributed by atoms with Crippen molar-refractivity contribution in [1.29, 1.82) is 0 Å². The van der Waals surface area contributed by atoms with E-state index in [-0.39, 0.29) is 11.3 Å². The fourth-order valence-corrected chi connectivity index (χ4v) is 1.91. The van der Waals surface area contributed by atoms with E-state index < -0.39 is 0 Å². The maximum Gasteiger partial charge on any atom is 0.225 e. The summed E-state index contributed by atoms with van der Waals surface area (Å²) in [5, 5.41) is 11.3. The highest BCUT2D eigenvalue weighted by molar-refractivity contribution is 5.89. The van der Waals surface area contributed by atoms with Crippen molar-refractivity contribution in [3.05, 3.63) is 24.4 Å². The predicted molar refractivity (Wildman–Crippen MR) is 79.8 cm³/mol. The number of nitrogens with one attached hydrogen (secondary N) is 1. The Labute approximate surface area is 124 Å². The fourth-order valence-electron chi connectivity index (χ4n) is 1.91. The van der Waals surface area contributed by atoms with Gasteiger partial charge in [0.25, 0.3) is 0 Å². The first kappa shape index (κ1) is 15.2. The lowest BCUT2D eigenvalue weighted by molar-refractivity contribution is -0.116. The Morgan fingerprint density at radius 2 is 2.14 bits per heavy atom. The molecule has 114 valence electrons. The number of hydrogen-bond donors (Lipinski definition) is 1. The third kappa shape index (κ3) is 4.14. The second-order valence-electron chi connectivity index (χ2n) is 6.10. The first-order valence-electron chi connectivity index (χ1n) is 7.03. The Hall–Kier alpha value is -2.18. The summed E-state index contributed by atoms with van der Waals surface area (Å²) in [6, 6.07) is 1.93. The molecular formula is C14H22N6O. The molecule has 0 unspecified atom stereocenters. The number of aryl methyl sites for hydroxylation is 2. The Morgan fingerprint density at radius 3 is 2.71 bits per heavy atom. The van der Waals surface area contributed by atoms with E-state index in [1.807, 2.05) is 13.1 Å². The maximum absolute atomic E-state index is 12.0. The monoisotopic (exact) mass is 290 g/mol. The molecule has 7 nitrogen and oxygen atoms in total. The number of amides is 1. The van der Waals surface area contributed by atoms with E-state index in [1.165, 1.54) is 6.33 Å². The first-order valence-corrected chi connectivity index (χ1v) is 7.03. The van der Waals surface area contributed by atoms with Gasteiger partial charge in [-0.1, -0.05) is 20.8 Å². The van der Waals surface area contributed by atoms with Crippen molar-refractivity contribution in [2.75, 3.05) is 5.32 Å². The van der Waals surface area contributed by atoms with Gasteiger partial charge in [-0.3, -0.25) is 14.2 Å². The summed E-state index contributed by atoms with van der Waals surface area (Å²) >= 11 is 0. The SMILES string of the molecule is Cn1nc(C(C)(C)C)cc1NC(=O)CCCn1cncn1. The molecule has 2 rings (SSSR count). The first-order chi connectivity index (χ1) is 9.86. The number of aromatic nitrogens is 5. The highest BCUT2D eigenvalue weighted by atomic mass is 16.1. The van der Waals surface area contributed by atoms with E-state index in [9.17, 15) is 4.79 Å². The number of hydrogen-bond acceptors (Lipinski definition) is 4. The van der Waals surface area contributed by atoms with Crippen LogP contribution < -0.4 is 5.32 Å². The number of anilines is 1. The lowest BCUT2D eigenvalue weighted by Crippen LogP contribution is -2.15. The minimum absolute atomic E-state index is 0.0152. The smallest absolute Gasteiger partial charge is 0.225 e. The average molecular weight is 290 g/mol. The summed E-state index contributed by atoms with van der Waals surface area (Å²) in [6.07, 6.45) is 4.30. The standard InChI is InChI=1S/C14H22N6O/c1-14(2,3)11-8-12(19(4)18-11)17-13(21)6-5-7-20-10-15-9-16-20/h8-10H,5-7H2,1-4H3,(H,17,21). The number of rotatable bonds is 5. The van der Waals surface area contributed by atoms with Gasteiger partial charge in [0.05, 0.1) is 5.69 Å². The predicted octanol–water partition coefficient (Wildman–Crippen LogP) is 1.73. The van der Waals surface area contributed by atoms with E-state index in [0.717, 1.165) is 17.9 Å². The number of nitrogens with zero attached hydrogens (tertiary/aromatic N) is 5. The van der Waals surface area contributed by atoms with Crippen LogP contribution in [0.3, 0.4) is 0 Å². The van der Waals surface area contributed by atoms with Crippen LogP contribution in [0, 0.1) is 0 Å². The summed E-state index contributed by atoms with van der Waals surface area (Å²) in [6.45, 7) is 6.98. The molecule has 0 fully saturated rings. The number of carbonyl (C=O) groups excluding carboxylic acids is 1. The van der Waals surface area contributed by atoms with Gasteiger partial charge in [-0.15, -0.1) is 0 Å². The van der Waals surface area contributed by atoms with Crippen LogP contribution in [0.1, 0.15) is 39.3 Å². The van der Waals surface area contributed by atoms with Gasteiger partial charge in [0, 0.05) is 31.5 Å². The molecule has 1 amide bonds. The van der Waals surface area contributed by atoms with Crippen LogP contribution in [-0.4, -0.2) is 30.5 Å². The summed E-state index contributed by atoms with van der Waals surface area (Å²) in [5.74, 6) is 0.712. The van der Waals surface area contributed by atoms with Gasteiger partial charge in [0.2, 0.25) is 5.91 Å². The normalized spacial score (nSPS) is 11.6. The topological polar surface area (TPSA) is 77.6 Å². The molecule has 0 saturated heterocycles. The molecule has 21 heavy (non-hydrogen) atoms. The third-order valence-corrected chi connectivity index (χ3v) is 3.17. The quantitative estimate of drug-likeness (QED) is 0.909. The Balaban J connectivity index is 1.86. The van der Waals surface area contributed by atoms with Gasteiger partial charge >= 0.3 is 0 Å². The Kier molecular flexibility index (Phi) is 4.40. The van der Waals surface area contributed by atoms with Crippen LogP contribution in [0.2, 0.25) is 0 Å². The molecule has 0 aliphatic carbocycles. The molecule has 0 radical (unpaired) electrons. The van der Waals surface area contributed by atoms with Crippen molar-refractivity contribution in [3.8, 4) is 0 Å². The van der Waals surface area contributed by atoms with Gasteiger partial charge in [-0.05, 0) is 6.42 Å². The van der Waals surface area contributed by atoms with Crippen LogP contribution in [0.4, 0.5) is 5.82 Å². The van der Waals surface area contributed by atoms with Gasteiger partial charge in [-0.25, -0.2) is 4.98 Å². The molecule has 0 bridgehead atoms. The van der Waals surface area contributed by atoms with Crippen LogP contribution in [-0.2, 0) is 23.8 Å². The van der Waals surface area contributed by atoms with Gasteiger partial charge in [-0.2, -0.15) is 10.2 Å². The largest absolute Gasteiger partial charge is 0.311 e. The second-order valence-corrected chi connectivity index (χ2v) is 6.10. The molecule has 0 aliphatic rings. The molecule has 0 aromatic carbocycles. The minimum Gasteiger partial charge on any atom is -0.311 e. The second kappa shape index (κ2) is 6.07. The highest BCUT2D eigenvalue weighted by Crippen LogP contribution is 2.23. The van der Waals surface area contributed by atoms with Gasteiger partial charge in [0.1, 0.15) is 18.5 Å². The lowest BCUT2D eigenvalue weighted by atomic mass is 9.92. The van der Waals surface area contributed by atoms with Crippen LogP contribution in [0.5, 0.6) is 0 Å². The van der Waals surface area contributed by atoms with Crippen molar-refractivity contribution >= 4 is 11.7 Å². The van der Waals surface area contributed by atoms with Crippen LogP contribution in [0.25, 0.3) is 0 Å². The molecule has 7 heteroatoms. The average Bonchev–Trinajstić information content (AvgIpc) is 2.99. The van der Waals surface area contributed by atoms with E-state index in [1.54, 1.807) is 15.7 Å². The zero-order chi connectivity index (χ0) is 15.5. The summed E-state index contributed by atoms with van der Waals surface area (Å²) in [7, 11) is 1.83. The van der Waals surface area contributed by atoms with Crippen molar-refractivity contribution in [2.24, 2.45) is 7.05 Å². The van der Waals surface area contributed by atoms with Crippen molar-refractivity contribution in [2.45, 2.75) is 45.6 Å². The van der Waals surface area contributed by atoms with E-state index in [2.05, 4.69) is 41.3 Å². The van der Waals surface area contributed by atoms with Crippen molar-refractivity contribution in [3.63, 3.8) is 0 Å². The van der Waals surface area contributed by atoms with Gasteiger partial charge in [0.15, 0.2) is 0 Å². The maximum atomic E-state index is 12.0. The molecule has 0 atom stereocenters. The minimum atomic E-state index is -0.0339. The summed E-state index contributed by atoms with van der Waals surface area (Å²) in [5.41, 5.74) is 0.927. The summed E-state index contributed by atoms with van der Waals surface area (Å²) < 4.78 is 3.42. The molecule has 2 aromatic heterocycles. The van der Waals surface area contributed by atoms with E-state index in [0.29, 0.717) is 13.0 Å². The van der Waals surface area contributed by atoms with Gasteiger partial charge < -0.3 is 5.32 Å². The molecule has 2 aromatic rings. The fraction of sp³-hybridized carbons (Fsp3) is 0.571. The molecule has 1 N–H and O–H groups in total.